The van der Waals surface area contributed by atoms with Gasteiger partial charge in [0.05, 0.1) is 18.5 Å². The standard InChI is InChI=1S/C15H21FN2O3/c1-10(12-4-6-13(16)7-5-12)17-15(21)11(2)18(3)9-8-14(19)20/h4-7,10-11H,8-9H2,1-3H3,(H,17,21)(H,19,20). The minimum Gasteiger partial charge on any atom is -0.481 e. The predicted octanol–water partition coefficient (Wildman–Crippen LogP) is 1.80. The van der Waals surface area contributed by atoms with Crippen molar-refractivity contribution in [3.63, 3.8) is 0 Å². The first-order valence-corrected chi connectivity index (χ1v) is 6.79. The molecule has 1 rings (SSSR count). The number of likely N-dealkylation sites (N-methyl/N-ethyl adjacent to an activating group) is 1. The Morgan fingerprint density at radius 1 is 1.29 bits per heavy atom. The van der Waals surface area contributed by atoms with Gasteiger partial charge in [-0.05, 0) is 38.6 Å². The molecule has 0 aliphatic rings. The molecule has 5 nitrogen and oxygen atoms in total. The van der Waals surface area contributed by atoms with Crippen molar-refractivity contribution in [2.75, 3.05) is 13.6 Å². The Labute approximate surface area is 123 Å². The molecular weight excluding hydrogens is 275 g/mol. The summed E-state index contributed by atoms with van der Waals surface area (Å²) < 4.78 is 12.9. The van der Waals surface area contributed by atoms with Gasteiger partial charge in [0.2, 0.25) is 5.91 Å². The minimum absolute atomic E-state index is 0.0123. The molecule has 116 valence electrons. The Hall–Kier alpha value is -1.95. The molecule has 0 aliphatic heterocycles. The van der Waals surface area contributed by atoms with E-state index in [9.17, 15) is 14.0 Å². The molecule has 0 aromatic heterocycles. The number of nitrogens with one attached hydrogen (secondary N) is 1. The summed E-state index contributed by atoms with van der Waals surface area (Å²) in [6.07, 6.45) is -0.0123. The smallest absolute Gasteiger partial charge is 0.304 e. The number of carbonyl (C=O) groups is 2. The van der Waals surface area contributed by atoms with Gasteiger partial charge in [-0.2, -0.15) is 0 Å². The molecular formula is C15H21FN2O3. The Morgan fingerprint density at radius 3 is 2.38 bits per heavy atom. The maximum absolute atomic E-state index is 12.9. The minimum atomic E-state index is -0.894. The molecule has 0 aliphatic carbocycles. The highest BCUT2D eigenvalue weighted by molar-refractivity contribution is 5.81. The van der Waals surface area contributed by atoms with E-state index in [1.54, 1.807) is 31.0 Å². The van der Waals surface area contributed by atoms with Crippen LogP contribution in [-0.4, -0.2) is 41.5 Å². The Balaban J connectivity index is 2.54. The highest BCUT2D eigenvalue weighted by Crippen LogP contribution is 2.13. The third-order valence-electron chi connectivity index (χ3n) is 3.45. The number of carbonyl (C=O) groups excluding carboxylic acids is 1. The Kier molecular flexibility index (Phi) is 6.30. The van der Waals surface area contributed by atoms with Crippen LogP contribution in [0.1, 0.15) is 31.9 Å². The van der Waals surface area contributed by atoms with E-state index in [0.29, 0.717) is 6.54 Å². The summed E-state index contributed by atoms with van der Waals surface area (Å²) in [6, 6.07) is 5.26. The largest absolute Gasteiger partial charge is 0.481 e. The zero-order valence-electron chi connectivity index (χ0n) is 12.5. The lowest BCUT2D eigenvalue weighted by Gasteiger charge is -2.25. The molecule has 2 N–H and O–H groups in total. The van der Waals surface area contributed by atoms with Gasteiger partial charge in [0.15, 0.2) is 0 Å². The third-order valence-corrected chi connectivity index (χ3v) is 3.45. The van der Waals surface area contributed by atoms with E-state index in [-0.39, 0.29) is 24.2 Å². The van der Waals surface area contributed by atoms with Gasteiger partial charge in [-0.3, -0.25) is 14.5 Å². The normalized spacial score (nSPS) is 13.8. The fourth-order valence-corrected chi connectivity index (χ4v) is 1.83. The van der Waals surface area contributed by atoms with Crippen LogP contribution in [-0.2, 0) is 9.59 Å². The van der Waals surface area contributed by atoms with Crippen molar-refractivity contribution in [1.82, 2.24) is 10.2 Å². The number of hydrogen-bond donors (Lipinski definition) is 2. The van der Waals surface area contributed by atoms with Crippen LogP contribution in [0.4, 0.5) is 4.39 Å². The summed E-state index contributed by atoms with van der Waals surface area (Å²) in [5, 5.41) is 11.5. The Bertz CT molecular complexity index is 490. The number of rotatable bonds is 7. The summed E-state index contributed by atoms with van der Waals surface area (Å²) in [7, 11) is 1.70. The lowest BCUT2D eigenvalue weighted by molar-refractivity contribution is -0.138. The number of aliphatic carboxylic acids is 1. The van der Waals surface area contributed by atoms with E-state index in [2.05, 4.69) is 5.32 Å². The second-order valence-electron chi connectivity index (χ2n) is 5.08. The molecule has 1 amide bonds. The van der Waals surface area contributed by atoms with Crippen LogP contribution < -0.4 is 5.32 Å². The van der Waals surface area contributed by atoms with E-state index in [0.717, 1.165) is 5.56 Å². The van der Waals surface area contributed by atoms with Crippen LogP contribution >= 0.6 is 0 Å². The first-order chi connectivity index (χ1) is 9.81. The fraction of sp³-hybridized carbons (Fsp3) is 0.467. The number of halogens is 1. The van der Waals surface area contributed by atoms with E-state index in [4.69, 9.17) is 5.11 Å². The van der Waals surface area contributed by atoms with Gasteiger partial charge in [0, 0.05) is 6.54 Å². The lowest BCUT2D eigenvalue weighted by atomic mass is 10.1. The zero-order valence-corrected chi connectivity index (χ0v) is 12.5. The monoisotopic (exact) mass is 296 g/mol. The van der Waals surface area contributed by atoms with Crippen LogP contribution in [0.5, 0.6) is 0 Å². The molecule has 2 atom stereocenters. The molecule has 0 spiro atoms. The summed E-state index contributed by atoms with van der Waals surface area (Å²) in [4.78, 5) is 24.3. The maximum atomic E-state index is 12.9. The summed E-state index contributed by atoms with van der Waals surface area (Å²) in [5.74, 6) is -1.41. The van der Waals surface area contributed by atoms with E-state index in [1.807, 2.05) is 6.92 Å². The second-order valence-corrected chi connectivity index (χ2v) is 5.08. The van der Waals surface area contributed by atoms with Crippen LogP contribution in [0.25, 0.3) is 0 Å². The molecule has 0 saturated heterocycles. The topological polar surface area (TPSA) is 69.6 Å². The average Bonchev–Trinajstić information content (AvgIpc) is 2.44. The second kappa shape index (κ2) is 7.73. The number of carboxylic acids is 1. The van der Waals surface area contributed by atoms with Gasteiger partial charge in [0.25, 0.3) is 0 Å². The average molecular weight is 296 g/mol. The van der Waals surface area contributed by atoms with Crippen molar-refractivity contribution in [2.24, 2.45) is 0 Å². The summed E-state index contributed by atoms with van der Waals surface area (Å²) >= 11 is 0. The molecule has 1 aromatic rings. The van der Waals surface area contributed by atoms with Gasteiger partial charge < -0.3 is 10.4 Å². The van der Waals surface area contributed by atoms with Crippen molar-refractivity contribution in [1.29, 1.82) is 0 Å². The van der Waals surface area contributed by atoms with E-state index >= 15 is 0 Å². The zero-order chi connectivity index (χ0) is 16.0. The van der Waals surface area contributed by atoms with Gasteiger partial charge in [0.1, 0.15) is 5.82 Å². The van der Waals surface area contributed by atoms with E-state index in [1.165, 1.54) is 12.1 Å². The molecule has 0 saturated carbocycles. The van der Waals surface area contributed by atoms with Gasteiger partial charge in [-0.15, -0.1) is 0 Å². The number of benzene rings is 1. The first kappa shape index (κ1) is 17.1. The maximum Gasteiger partial charge on any atom is 0.304 e. The van der Waals surface area contributed by atoms with Crippen molar-refractivity contribution in [3.05, 3.63) is 35.6 Å². The highest BCUT2D eigenvalue weighted by Gasteiger charge is 2.20. The molecule has 6 heteroatoms. The van der Waals surface area contributed by atoms with Crippen molar-refractivity contribution < 1.29 is 19.1 Å². The molecule has 1 aromatic carbocycles. The Morgan fingerprint density at radius 2 is 1.86 bits per heavy atom. The summed E-state index contributed by atoms with van der Waals surface area (Å²) in [5.41, 5.74) is 0.810. The molecule has 0 fully saturated rings. The van der Waals surface area contributed by atoms with Crippen molar-refractivity contribution in [2.45, 2.75) is 32.4 Å². The van der Waals surface area contributed by atoms with Crippen LogP contribution in [0, 0.1) is 5.82 Å². The third kappa shape index (κ3) is 5.51. The fourth-order valence-electron chi connectivity index (χ4n) is 1.83. The quantitative estimate of drug-likeness (QED) is 0.805. The predicted molar refractivity (Wildman–Crippen MR) is 77.3 cm³/mol. The van der Waals surface area contributed by atoms with Crippen LogP contribution in [0.2, 0.25) is 0 Å². The first-order valence-electron chi connectivity index (χ1n) is 6.79. The van der Waals surface area contributed by atoms with Gasteiger partial charge >= 0.3 is 5.97 Å². The number of carboxylic acid groups (broad SMARTS) is 1. The summed E-state index contributed by atoms with van der Waals surface area (Å²) in [6.45, 7) is 3.83. The molecule has 0 bridgehead atoms. The molecule has 0 radical (unpaired) electrons. The van der Waals surface area contributed by atoms with Gasteiger partial charge in [-0.25, -0.2) is 4.39 Å². The SMILES string of the molecule is CC(NC(=O)C(C)N(C)CCC(=O)O)c1ccc(F)cc1. The molecule has 0 heterocycles. The number of hydrogen-bond acceptors (Lipinski definition) is 3. The van der Waals surface area contributed by atoms with Gasteiger partial charge in [-0.1, -0.05) is 12.1 Å². The van der Waals surface area contributed by atoms with Crippen molar-refractivity contribution >= 4 is 11.9 Å². The van der Waals surface area contributed by atoms with Crippen molar-refractivity contribution in [3.8, 4) is 0 Å². The van der Waals surface area contributed by atoms with Crippen LogP contribution in [0.15, 0.2) is 24.3 Å². The number of nitrogens with zero attached hydrogens (tertiary/aromatic N) is 1. The lowest BCUT2D eigenvalue weighted by Crippen LogP contribution is -2.44. The number of amides is 1. The highest BCUT2D eigenvalue weighted by atomic mass is 19.1. The van der Waals surface area contributed by atoms with E-state index < -0.39 is 12.0 Å². The van der Waals surface area contributed by atoms with Crippen LogP contribution in [0.3, 0.4) is 0 Å². The molecule has 21 heavy (non-hydrogen) atoms. The molecule has 2 unspecified atom stereocenters.